The third kappa shape index (κ3) is 6.49. The first-order valence-electron chi connectivity index (χ1n) is 9.06. The van der Waals surface area contributed by atoms with Gasteiger partial charge in [-0.05, 0) is 49.0 Å². The predicted octanol–water partition coefficient (Wildman–Crippen LogP) is 3.51. The molecular weight excluding hydrogens is 347 g/mol. The minimum absolute atomic E-state index is 0.0537. The Morgan fingerprint density at radius 3 is 2.33 bits per heavy atom. The van der Waals surface area contributed by atoms with Crippen LogP contribution in [0.25, 0.3) is 0 Å². The summed E-state index contributed by atoms with van der Waals surface area (Å²) >= 11 is 0. The number of nitrogens with one attached hydrogen (secondary N) is 1. The smallest absolute Gasteiger partial charge is 0.338 e. The molecule has 0 radical (unpaired) electrons. The van der Waals surface area contributed by atoms with E-state index in [9.17, 15) is 14.0 Å². The van der Waals surface area contributed by atoms with Gasteiger partial charge in [-0.25, -0.2) is 9.18 Å². The van der Waals surface area contributed by atoms with Crippen LogP contribution < -0.4 is 5.32 Å². The second-order valence-corrected chi connectivity index (χ2v) is 6.06. The number of ether oxygens (including phenoxy) is 1. The van der Waals surface area contributed by atoms with Crippen molar-refractivity contribution >= 4 is 17.6 Å². The number of hydrogen-bond donors (Lipinski definition) is 1. The summed E-state index contributed by atoms with van der Waals surface area (Å²) in [6.07, 6.45) is -0.0537. The number of rotatable bonds is 9. The van der Waals surface area contributed by atoms with Crippen LogP contribution >= 0.6 is 0 Å². The monoisotopic (exact) mass is 372 g/mol. The maximum absolute atomic E-state index is 13.6. The van der Waals surface area contributed by atoms with Gasteiger partial charge < -0.3 is 15.0 Å². The van der Waals surface area contributed by atoms with E-state index >= 15 is 0 Å². The standard InChI is InChI=1S/C21H25FN2O3/c1-3-24(4-2)13-14-27-21(26)16-9-11-18(12-10-16)23-20(25)15-17-7-5-6-8-19(17)22/h5-12H,3-4,13-15H2,1-2H3,(H,23,25). The van der Waals surface area contributed by atoms with Crippen LogP contribution in [0.1, 0.15) is 29.8 Å². The van der Waals surface area contributed by atoms with E-state index in [0.717, 1.165) is 13.1 Å². The molecule has 0 heterocycles. The molecule has 27 heavy (non-hydrogen) atoms. The molecule has 2 aromatic rings. The van der Waals surface area contributed by atoms with Crippen LogP contribution in [-0.4, -0.2) is 43.0 Å². The fraction of sp³-hybridized carbons (Fsp3) is 0.333. The van der Waals surface area contributed by atoms with Crippen LogP contribution in [0.2, 0.25) is 0 Å². The molecule has 0 aliphatic heterocycles. The molecule has 5 nitrogen and oxygen atoms in total. The van der Waals surface area contributed by atoms with E-state index in [1.54, 1.807) is 42.5 Å². The second-order valence-electron chi connectivity index (χ2n) is 6.06. The number of esters is 1. The van der Waals surface area contributed by atoms with Crippen molar-refractivity contribution in [2.24, 2.45) is 0 Å². The molecule has 1 amide bonds. The highest BCUT2D eigenvalue weighted by Gasteiger charge is 2.10. The highest BCUT2D eigenvalue weighted by Crippen LogP contribution is 2.13. The highest BCUT2D eigenvalue weighted by molar-refractivity contribution is 5.94. The zero-order valence-electron chi connectivity index (χ0n) is 15.7. The summed E-state index contributed by atoms with van der Waals surface area (Å²) in [4.78, 5) is 26.3. The fourth-order valence-electron chi connectivity index (χ4n) is 2.60. The van der Waals surface area contributed by atoms with Crippen molar-refractivity contribution in [3.63, 3.8) is 0 Å². The Morgan fingerprint density at radius 1 is 1.04 bits per heavy atom. The van der Waals surface area contributed by atoms with Gasteiger partial charge in [-0.15, -0.1) is 0 Å². The second kappa shape index (κ2) is 10.4. The molecule has 0 bridgehead atoms. The van der Waals surface area contributed by atoms with E-state index in [4.69, 9.17) is 4.74 Å². The van der Waals surface area contributed by atoms with Gasteiger partial charge >= 0.3 is 5.97 Å². The van der Waals surface area contributed by atoms with Gasteiger partial charge in [0.05, 0.1) is 12.0 Å². The van der Waals surface area contributed by atoms with Crippen molar-refractivity contribution in [2.45, 2.75) is 20.3 Å². The predicted molar refractivity (Wildman–Crippen MR) is 103 cm³/mol. The molecule has 0 unspecified atom stereocenters. The maximum atomic E-state index is 13.6. The molecule has 0 saturated carbocycles. The third-order valence-corrected chi connectivity index (χ3v) is 4.25. The number of carbonyl (C=O) groups excluding carboxylic acids is 2. The van der Waals surface area contributed by atoms with Gasteiger partial charge in [-0.2, -0.15) is 0 Å². The molecule has 0 saturated heterocycles. The lowest BCUT2D eigenvalue weighted by molar-refractivity contribution is -0.115. The topological polar surface area (TPSA) is 58.6 Å². The normalized spacial score (nSPS) is 10.7. The molecule has 0 aromatic heterocycles. The summed E-state index contributed by atoms with van der Waals surface area (Å²) in [5.74, 6) is -1.13. The van der Waals surface area contributed by atoms with E-state index in [0.29, 0.717) is 30.0 Å². The molecule has 2 rings (SSSR count). The first-order chi connectivity index (χ1) is 13.0. The SMILES string of the molecule is CCN(CC)CCOC(=O)c1ccc(NC(=O)Cc2ccccc2F)cc1. The van der Waals surface area contributed by atoms with Crippen molar-refractivity contribution in [3.8, 4) is 0 Å². The first kappa shape index (κ1) is 20.6. The molecule has 144 valence electrons. The summed E-state index contributed by atoms with van der Waals surface area (Å²) in [5, 5.41) is 2.69. The van der Waals surface area contributed by atoms with Crippen LogP contribution in [0.4, 0.5) is 10.1 Å². The average molecular weight is 372 g/mol. The van der Waals surface area contributed by atoms with Gasteiger partial charge in [0.2, 0.25) is 5.91 Å². The van der Waals surface area contributed by atoms with E-state index in [1.165, 1.54) is 6.07 Å². The van der Waals surface area contributed by atoms with E-state index < -0.39 is 11.8 Å². The van der Waals surface area contributed by atoms with Crippen LogP contribution in [0, 0.1) is 5.82 Å². The summed E-state index contributed by atoms with van der Waals surface area (Å²) in [6.45, 7) is 6.98. The van der Waals surface area contributed by atoms with Crippen molar-refractivity contribution in [2.75, 3.05) is 31.6 Å². The van der Waals surface area contributed by atoms with Gasteiger partial charge in [-0.3, -0.25) is 4.79 Å². The van der Waals surface area contributed by atoms with E-state index in [1.807, 2.05) is 0 Å². The quantitative estimate of drug-likeness (QED) is 0.685. The third-order valence-electron chi connectivity index (χ3n) is 4.25. The molecule has 0 aliphatic carbocycles. The largest absolute Gasteiger partial charge is 0.461 e. The molecular formula is C21H25FN2O3. The molecule has 0 atom stereocenters. The number of hydrogen-bond acceptors (Lipinski definition) is 4. The van der Waals surface area contributed by atoms with Gasteiger partial charge in [0, 0.05) is 12.2 Å². The number of amides is 1. The fourth-order valence-corrected chi connectivity index (χ4v) is 2.60. The van der Waals surface area contributed by atoms with E-state index in [2.05, 4.69) is 24.1 Å². The Balaban J connectivity index is 1.84. The van der Waals surface area contributed by atoms with Gasteiger partial charge in [-0.1, -0.05) is 32.0 Å². The number of benzene rings is 2. The Bertz CT molecular complexity index is 758. The van der Waals surface area contributed by atoms with Gasteiger partial charge in [0.15, 0.2) is 0 Å². The number of carbonyl (C=O) groups is 2. The summed E-state index contributed by atoms with van der Waals surface area (Å²) < 4.78 is 18.9. The zero-order chi connectivity index (χ0) is 19.6. The molecule has 1 N–H and O–H groups in total. The molecule has 0 fully saturated rings. The Labute approximate surface area is 159 Å². The summed E-state index contributed by atoms with van der Waals surface area (Å²) in [5.41, 5.74) is 1.29. The first-order valence-corrected chi connectivity index (χ1v) is 9.06. The average Bonchev–Trinajstić information content (AvgIpc) is 2.67. The number of halogens is 1. The number of anilines is 1. The number of likely N-dealkylation sites (N-methyl/N-ethyl adjacent to an activating group) is 1. The molecule has 6 heteroatoms. The van der Waals surface area contributed by atoms with Crippen molar-refractivity contribution in [1.82, 2.24) is 4.90 Å². The lowest BCUT2D eigenvalue weighted by Gasteiger charge is -2.17. The zero-order valence-corrected chi connectivity index (χ0v) is 15.7. The van der Waals surface area contributed by atoms with Gasteiger partial charge in [0.25, 0.3) is 0 Å². The molecule has 0 aliphatic rings. The van der Waals surface area contributed by atoms with Crippen molar-refractivity contribution in [1.29, 1.82) is 0 Å². The maximum Gasteiger partial charge on any atom is 0.338 e. The summed E-state index contributed by atoms with van der Waals surface area (Å²) in [7, 11) is 0. The summed E-state index contributed by atoms with van der Waals surface area (Å²) in [6, 6.07) is 12.6. The minimum Gasteiger partial charge on any atom is -0.461 e. The Kier molecular flexibility index (Phi) is 7.95. The van der Waals surface area contributed by atoms with Crippen LogP contribution in [0.3, 0.4) is 0 Å². The lowest BCUT2D eigenvalue weighted by Crippen LogP contribution is -2.27. The Morgan fingerprint density at radius 2 is 1.70 bits per heavy atom. The van der Waals surface area contributed by atoms with Crippen molar-refractivity contribution < 1.29 is 18.7 Å². The van der Waals surface area contributed by atoms with Crippen LogP contribution in [0.15, 0.2) is 48.5 Å². The minimum atomic E-state index is -0.407. The molecule has 2 aromatic carbocycles. The van der Waals surface area contributed by atoms with E-state index in [-0.39, 0.29) is 12.3 Å². The Hall–Kier alpha value is -2.73. The van der Waals surface area contributed by atoms with Gasteiger partial charge in [0.1, 0.15) is 12.4 Å². The lowest BCUT2D eigenvalue weighted by atomic mass is 10.1. The van der Waals surface area contributed by atoms with Crippen LogP contribution in [0.5, 0.6) is 0 Å². The number of nitrogens with zero attached hydrogens (tertiary/aromatic N) is 1. The van der Waals surface area contributed by atoms with Crippen LogP contribution in [-0.2, 0) is 16.0 Å². The highest BCUT2D eigenvalue weighted by atomic mass is 19.1. The molecule has 0 spiro atoms. The van der Waals surface area contributed by atoms with Crippen molar-refractivity contribution in [3.05, 3.63) is 65.5 Å².